The summed E-state index contributed by atoms with van der Waals surface area (Å²) < 4.78 is 0. The van der Waals surface area contributed by atoms with Gasteiger partial charge in [-0.25, -0.2) is 0 Å². The minimum atomic E-state index is -0.427. The first-order chi connectivity index (χ1) is 11.6. The van der Waals surface area contributed by atoms with Crippen molar-refractivity contribution in [3.8, 4) is 0 Å². The van der Waals surface area contributed by atoms with E-state index >= 15 is 0 Å². The summed E-state index contributed by atoms with van der Waals surface area (Å²) in [7, 11) is 0. The topological polar surface area (TPSA) is 82.6 Å². The summed E-state index contributed by atoms with van der Waals surface area (Å²) in [6.45, 7) is 1.20. The van der Waals surface area contributed by atoms with E-state index in [0.29, 0.717) is 31.5 Å². The monoisotopic (exact) mass is 328 g/mol. The lowest BCUT2D eigenvalue weighted by molar-refractivity contribution is -0.161. The van der Waals surface area contributed by atoms with E-state index in [9.17, 15) is 14.4 Å². The van der Waals surface area contributed by atoms with Crippen LogP contribution in [0, 0.1) is 0 Å². The summed E-state index contributed by atoms with van der Waals surface area (Å²) in [6, 6.07) is 2.55. The van der Waals surface area contributed by atoms with Crippen LogP contribution in [0.4, 0.5) is 0 Å². The third-order valence-corrected chi connectivity index (χ3v) is 5.27. The molecule has 7 heteroatoms. The number of carbonyl (C=O) groups excluding carboxylic acids is 3. The number of pyridine rings is 1. The maximum absolute atomic E-state index is 12.7. The van der Waals surface area contributed by atoms with Crippen LogP contribution in [-0.2, 0) is 9.59 Å². The van der Waals surface area contributed by atoms with E-state index in [4.69, 9.17) is 0 Å². The van der Waals surface area contributed by atoms with Gasteiger partial charge in [0.25, 0.3) is 5.91 Å². The SMILES string of the molecule is O=C(NC1CCN2C(=O)C3CCCN3C(=O)C2C1)c1ccncc1. The molecule has 0 spiro atoms. The molecule has 3 amide bonds. The molecule has 3 saturated heterocycles. The fourth-order valence-corrected chi connectivity index (χ4v) is 4.04. The van der Waals surface area contributed by atoms with Crippen molar-refractivity contribution in [1.82, 2.24) is 20.1 Å². The van der Waals surface area contributed by atoms with Crippen molar-refractivity contribution >= 4 is 17.7 Å². The Bertz CT molecular complexity index is 678. The third kappa shape index (κ3) is 2.44. The van der Waals surface area contributed by atoms with Crippen molar-refractivity contribution in [2.24, 2.45) is 0 Å². The molecule has 1 aromatic rings. The predicted molar refractivity (Wildman–Crippen MR) is 85.0 cm³/mol. The Morgan fingerprint density at radius 1 is 1.04 bits per heavy atom. The minimum Gasteiger partial charge on any atom is -0.349 e. The van der Waals surface area contributed by atoms with Crippen LogP contribution in [0.5, 0.6) is 0 Å². The van der Waals surface area contributed by atoms with E-state index in [1.807, 2.05) is 0 Å². The Morgan fingerprint density at radius 2 is 1.75 bits per heavy atom. The lowest BCUT2D eigenvalue weighted by Crippen LogP contribution is -2.66. The lowest BCUT2D eigenvalue weighted by atomic mass is 9.92. The summed E-state index contributed by atoms with van der Waals surface area (Å²) in [6.07, 6.45) is 5.99. The zero-order valence-corrected chi connectivity index (χ0v) is 13.4. The van der Waals surface area contributed by atoms with Crippen LogP contribution in [0.25, 0.3) is 0 Å². The number of nitrogens with zero attached hydrogens (tertiary/aromatic N) is 3. The van der Waals surface area contributed by atoms with Gasteiger partial charge >= 0.3 is 0 Å². The lowest BCUT2D eigenvalue weighted by Gasteiger charge is -2.46. The van der Waals surface area contributed by atoms with Crippen LogP contribution in [0.1, 0.15) is 36.0 Å². The number of piperidine rings is 1. The Labute approximate surface area is 140 Å². The summed E-state index contributed by atoms with van der Waals surface area (Å²) >= 11 is 0. The van der Waals surface area contributed by atoms with Gasteiger partial charge in [0.1, 0.15) is 12.1 Å². The van der Waals surface area contributed by atoms with E-state index in [1.165, 1.54) is 0 Å². The highest BCUT2D eigenvalue weighted by Crippen LogP contribution is 2.31. The average Bonchev–Trinajstić information content (AvgIpc) is 3.10. The van der Waals surface area contributed by atoms with Gasteiger partial charge in [-0.05, 0) is 37.8 Å². The van der Waals surface area contributed by atoms with Crippen molar-refractivity contribution < 1.29 is 14.4 Å². The van der Waals surface area contributed by atoms with Crippen LogP contribution in [0.15, 0.2) is 24.5 Å². The number of rotatable bonds is 2. The van der Waals surface area contributed by atoms with E-state index in [1.54, 1.807) is 34.3 Å². The molecule has 0 aliphatic carbocycles. The second-order valence-corrected chi connectivity index (χ2v) is 6.67. The second-order valence-electron chi connectivity index (χ2n) is 6.67. The Kier molecular flexibility index (Phi) is 3.70. The maximum atomic E-state index is 12.7. The predicted octanol–water partition coefficient (Wildman–Crippen LogP) is 0.176. The molecule has 7 nitrogen and oxygen atoms in total. The van der Waals surface area contributed by atoms with Crippen molar-refractivity contribution in [3.63, 3.8) is 0 Å². The highest BCUT2D eigenvalue weighted by molar-refractivity contribution is 5.98. The van der Waals surface area contributed by atoms with E-state index in [-0.39, 0.29) is 29.8 Å². The van der Waals surface area contributed by atoms with E-state index < -0.39 is 6.04 Å². The number of carbonyl (C=O) groups is 3. The van der Waals surface area contributed by atoms with Gasteiger partial charge in [-0.3, -0.25) is 19.4 Å². The highest BCUT2D eigenvalue weighted by atomic mass is 16.2. The molecule has 3 unspecified atom stereocenters. The minimum absolute atomic E-state index is 0.0416. The molecule has 4 heterocycles. The third-order valence-electron chi connectivity index (χ3n) is 5.27. The average molecular weight is 328 g/mol. The standard InChI is InChI=1S/C17H20N4O3/c22-15(11-3-6-18-7-4-11)19-12-5-9-21-14(10-12)17(24)20-8-1-2-13(20)16(21)23/h3-4,6-7,12-14H,1-2,5,8-10H2,(H,19,22). The number of nitrogens with one attached hydrogen (secondary N) is 1. The number of aromatic nitrogens is 1. The molecule has 3 atom stereocenters. The summed E-state index contributed by atoms with van der Waals surface area (Å²) in [4.78, 5) is 44.9. The number of hydrogen-bond acceptors (Lipinski definition) is 4. The van der Waals surface area contributed by atoms with Crippen LogP contribution in [0.2, 0.25) is 0 Å². The first-order valence-corrected chi connectivity index (χ1v) is 8.47. The molecule has 0 radical (unpaired) electrons. The molecule has 3 fully saturated rings. The van der Waals surface area contributed by atoms with Gasteiger partial charge in [-0.1, -0.05) is 0 Å². The van der Waals surface area contributed by atoms with Gasteiger partial charge in [0.2, 0.25) is 11.8 Å². The van der Waals surface area contributed by atoms with Crippen molar-refractivity contribution in [2.45, 2.75) is 43.8 Å². The quantitative estimate of drug-likeness (QED) is 0.839. The highest BCUT2D eigenvalue weighted by Gasteiger charge is 2.49. The number of piperazine rings is 1. The number of amides is 3. The molecule has 0 bridgehead atoms. The second kappa shape index (κ2) is 5.89. The Balaban J connectivity index is 1.46. The fraction of sp³-hybridized carbons (Fsp3) is 0.529. The molecule has 1 aromatic heterocycles. The van der Waals surface area contributed by atoms with Gasteiger partial charge in [0, 0.05) is 37.1 Å². The summed E-state index contributed by atoms with van der Waals surface area (Å²) in [5.74, 6) is -0.0412. The normalized spacial score (nSPS) is 29.2. The Morgan fingerprint density at radius 3 is 2.54 bits per heavy atom. The largest absolute Gasteiger partial charge is 0.349 e. The zero-order chi connectivity index (χ0) is 16.7. The molecule has 3 aliphatic rings. The van der Waals surface area contributed by atoms with Crippen LogP contribution < -0.4 is 5.32 Å². The van der Waals surface area contributed by atoms with Crippen molar-refractivity contribution in [3.05, 3.63) is 30.1 Å². The maximum Gasteiger partial charge on any atom is 0.251 e. The number of fused-ring (bicyclic) bond motifs is 2. The molecule has 1 N–H and O–H groups in total. The molecular formula is C17H20N4O3. The summed E-state index contributed by atoms with van der Waals surface area (Å²) in [5, 5.41) is 2.99. The first-order valence-electron chi connectivity index (χ1n) is 8.47. The zero-order valence-electron chi connectivity index (χ0n) is 13.4. The number of hydrogen-bond donors (Lipinski definition) is 1. The Hall–Kier alpha value is -2.44. The molecule has 0 saturated carbocycles. The van der Waals surface area contributed by atoms with Crippen LogP contribution in [0.3, 0.4) is 0 Å². The van der Waals surface area contributed by atoms with E-state index in [0.717, 1.165) is 12.8 Å². The summed E-state index contributed by atoms with van der Waals surface area (Å²) in [5.41, 5.74) is 0.554. The molecule has 4 rings (SSSR count). The smallest absolute Gasteiger partial charge is 0.251 e. The molecule has 0 aromatic carbocycles. The molecule has 126 valence electrons. The fourth-order valence-electron chi connectivity index (χ4n) is 4.04. The molecule has 3 aliphatic heterocycles. The van der Waals surface area contributed by atoms with Gasteiger partial charge < -0.3 is 15.1 Å². The first kappa shape index (κ1) is 15.1. The van der Waals surface area contributed by atoms with Gasteiger partial charge in [0.15, 0.2) is 0 Å². The van der Waals surface area contributed by atoms with Crippen LogP contribution in [-0.4, -0.2) is 63.7 Å². The molecule has 24 heavy (non-hydrogen) atoms. The van der Waals surface area contributed by atoms with Gasteiger partial charge in [-0.15, -0.1) is 0 Å². The molecular weight excluding hydrogens is 308 g/mol. The van der Waals surface area contributed by atoms with E-state index in [2.05, 4.69) is 10.3 Å². The van der Waals surface area contributed by atoms with Crippen molar-refractivity contribution in [2.75, 3.05) is 13.1 Å². The van der Waals surface area contributed by atoms with Crippen molar-refractivity contribution in [1.29, 1.82) is 0 Å². The van der Waals surface area contributed by atoms with Gasteiger partial charge in [-0.2, -0.15) is 0 Å². The van der Waals surface area contributed by atoms with Crippen LogP contribution >= 0.6 is 0 Å². The van der Waals surface area contributed by atoms with Gasteiger partial charge in [0.05, 0.1) is 0 Å².